The summed E-state index contributed by atoms with van der Waals surface area (Å²) >= 11 is 7.41. The molecule has 2 heterocycles. The molecule has 34 heavy (non-hydrogen) atoms. The predicted molar refractivity (Wildman–Crippen MR) is 137 cm³/mol. The number of piperazine rings is 1. The molecule has 0 aliphatic carbocycles. The number of thioether (sulfide) groups is 1. The number of amides is 1. The van der Waals surface area contributed by atoms with Crippen LogP contribution in [0.3, 0.4) is 0 Å². The van der Waals surface area contributed by atoms with Gasteiger partial charge in [-0.25, -0.2) is 9.97 Å². The topological polar surface area (TPSA) is 79.8 Å². The first-order chi connectivity index (χ1) is 16.6. The molecule has 4 rings (SSSR count). The van der Waals surface area contributed by atoms with Crippen LogP contribution < -0.4 is 24.6 Å². The highest BCUT2D eigenvalue weighted by molar-refractivity contribution is 8.00. The molecule has 1 aromatic heterocycles. The molecule has 0 spiro atoms. The molecule has 1 N–H and O–H groups in total. The van der Waals surface area contributed by atoms with Gasteiger partial charge in [0.05, 0.1) is 31.3 Å². The molecule has 0 bridgehead atoms. The van der Waals surface area contributed by atoms with Gasteiger partial charge in [0.25, 0.3) is 0 Å². The quantitative estimate of drug-likeness (QED) is 0.462. The minimum absolute atomic E-state index is 0.178. The lowest BCUT2D eigenvalue weighted by Gasteiger charge is -2.37. The fourth-order valence-corrected chi connectivity index (χ4v) is 4.74. The lowest BCUT2D eigenvalue weighted by molar-refractivity contribution is -0.113. The Bertz CT molecular complexity index is 1140. The van der Waals surface area contributed by atoms with Crippen molar-refractivity contribution >= 4 is 46.5 Å². The van der Waals surface area contributed by atoms with E-state index in [2.05, 4.69) is 31.2 Å². The van der Waals surface area contributed by atoms with Crippen LogP contribution in [0.15, 0.2) is 59.9 Å². The first kappa shape index (κ1) is 24.0. The lowest BCUT2D eigenvalue weighted by atomic mass is 10.2. The average Bonchev–Trinajstić information content (AvgIpc) is 2.88. The molecule has 1 aliphatic rings. The SMILES string of the molecule is COc1ccc(Cl)cc1NC(=O)CSc1nccnc1N1CCN(c2ccccc2OC)CC1. The number of carbonyl (C=O) groups is 1. The van der Waals surface area contributed by atoms with Crippen LogP contribution in [0.4, 0.5) is 17.2 Å². The van der Waals surface area contributed by atoms with Crippen LogP contribution in [0.1, 0.15) is 0 Å². The van der Waals surface area contributed by atoms with Crippen molar-refractivity contribution < 1.29 is 14.3 Å². The molecule has 1 saturated heterocycles. The van der Waals surface area contributed by atoms with Gasteiger partial charge in [-0.05, 0) is 30.3 Å². The third-order valence-corrected chi connectivity index (χ3v) is 6.63. The van der Waals surface area contributed by atoms with E-state index in [1.807, 2.05) is 18.2 Å². The van der Waals surface area contributed by atoms with Crippen LogP contribution in [0, 0.1) is 0 Å². The van der Waals surface area contributed by atoms with Crippen LogP contribution in [-0.2, 0) is 4.79 Å². The van der Waals surface area contributed by atoms with Crippen molar-refractivity contribution in [2.24, 2.45) is 0 Å². The summed E-state index contributed by atoms with van der Waals surface area (Å²) in [6, 6.07) is 13.1. The second-order valence-corrected chi connectivity index (χ2v) is 8.91. The normalized spacial score (nSPS) is 13.5. The Kier molecular flexibility index (Phi) is 7.97. The van der Waals surface area contributed by atoms with E-state index in [1.165, 1.54) is 11.8 Å². The summed E-state index contributed by atoms with van der Waals surface area (Å²) in [6.07, 6.45) is 3.33. The van der Waals surface area contributed by atoms with Gasteiger partial charge in [-0.2, -0.15) is 0 Å². The van der Waals surface area contributed by atoms with Gasteiger partial charge in [-0.3, -0.25) is 4.79 Å². The van der Waals surface area contributed by atoms with E-state index in [0.29, 0.717) is 16.5 Å². The van der Waals surface area contributed by atoms with Crippen LogP contribution in [-0.4, -0.2) is 62.0 Å². The third-order valence-electron chi connectivity index (χ3n) is 5.43. The number of anilines is 3. The summed E-state index contributed by atoms with van der Waals surface area (Å²) in [7, 11) is 3.24. The van der Waals surface area contributed by atoms with E-state index in [0.717, 1.165) is 48.5 Å². The maximum absolute atomic E-state index is 12.6. The molecular weight excluding hydrogens is 474 g/mol. The Balaban J connectivity index is 1.38. The molecule has 10 heteroatoms. The van der Waals surface area contributed by atoms with Gasteiger partial charge < -0.3 is 24.6 Å². The number of hydrogen-bond donors (Lipinski definition) is 1. The molecule has 178 valence electrons. The molecule has 0 radical (unpaired) electrons. The molecule has 0 unspecified atom stereocenters. The zero-order chi connectivity index (χ0) is 23.9. The smallest absolute Gasteiger partial charge is 0.234 e. The van der Waals surface area contributed by atoms with Crippen molar-refractivity contribution in [2.45, 2.75) is 5.03 Å². The zero-order valence-electron chi connectivity index (χ0n) is 19.0. The standard InChI is InChI=1S/C24H26ClN5O3S/c1-32-20-8-7-17(25)15-18(20)28-22(31)16-34-24-23(26-9-10-27-24)30-13-11-29(12-14-30)19-5-3-4-6-21(19)33-2/h3-10,15H,11-14,16H2,1-2H3,(H,28,31). The van der Waals surface area contributed by atoms with Crippen LogP contribution in [0.2, 0.25) is 5.02 Å². The number of hydrogen-bond acceptors (Lipinski definition) is 8. The Labute approximate surface area is 208 Å². The van der Waals surface area contributed by atoms with Gasteiger partial charge >= 0.3 is 0 Å². The number of carbonyl (C=O) groups excluding carboxylic acids is 1. The lowest BCUT2D eigenvalue weighted by Crippen LogP contribution is -2.47. The maximum atomic E-state index is 12.6. The van der Waals surface area contributed by atoms with Crippen molar-refractivity contribution in [3.8, 4) is 11.5 Å². The highest BCUT2D eigenvalue weighted by Crippen LogP contribution is 2.32. The first-order valence-corrected chi connectivity index (χ1v) is 12.2. The van der Waals surface area contributed by atoms with E-state index in [1.54, 1.807) is 44.8 Å². The molecule has 8 nitrogen and oxygen atoms in total. The first-order valence-electron chi connectivity index (χ1n) is 10.8. The van der Waals surface area contributed by atoms with E-state index in [9.17, 15) is 4.79 Å². The molecule has 1 amide bonds. The van der Waals surface area contributed by atoms with Gasteiger partial charge in [0.1, 0.15) is 16.5 Å². The average molecular weight is 500 g/mol. The largest absolute Gasteiger partial charge is 0.495 e. The zero-order valence-corrected chi connectivity index (χ0v) is 20.6. The monoisotopic (exact) mass is 499 g/mol. The van der Waals surface area contributed by atoms with E-state index in [-0.39, 0.29) is 11.7 Å². The van der Waals surface area contributed by atoms with E-state index in [4.69, 9.17) is 21.1 Å². The minimum Gasteiger partial charge on any atom is -0.495 e. The Morgan fingerprint density at radius 3 is 2.47 bits per heavy atom. The summed E-state index contributed by atoms with van der Waals surface area (Å²) in [5, 5.41) is 4.10. The second-order valence-electron chi connectivity index (χ2n) is 7.51. The summed E-state index contributed by atoms with van der Waals surface area (Å²) in [4.78, 5) is 26.2. The third kappa shape index (κ3) is 5.66. The number of ether oxygens (including phenoxy) is 2. The number of halogens is 1. The highest BCUT2D eigenvalue weighted by atomic mass is 35.5. The van der Waals surface area contributed by atoms with E-state index < -0.39 is 0 Å². The minimum atomic E-state index is -0.178. The molecular formula is C24H26ClN5O3S. The van der Waals surface area contributed by atoms with Crippen LogP contribution in [0.25, 0.3) is 0 Å². The van der Waals surface area contributed by atoms with E-state index >= 15 is 0 Å². The van der Waals surface area contributed by atoms with Gasteiger partial charge in [0.2, 0.25) is 5.91 Å². The molecule has 0 saturated carbocycles. The van der Waals surface area contributed by atoms with Crippen molar-refractivity contribution in [2.75, 3.05) is 61.3 Å². The fraction of sp³-hybridized carbons (Fsp3) is 0.292. The second kappa shape index (κ2) is 11.3. The Morgan fingerprint density at radius 2 is 1.71 bits per heavy atom. The Hall–Kier alpha value is -3.17. The van der Waals surface area contributed by atoms with Gasteiger partial charge in [0, 0.05) is 43.6 Å². The van der Waals surface area contributed by atoms with Crippen molar-refractivity contribution in [1.82, 2.24) is 9.97 Å². The van der Waals surface area contributed by atoms with Crippen LogP contribution in [0.5, 0.6) is 11.5 Å². The molecule has 1 fully saturated rings. The van der Waals surface area contributed by atoms with Gasteiger partial charge in [-0.1, -0.05) is 35.5 Å². The number of methoxy groups -OCH3 is 2. The summed E-state index contributed by atoms with van der Waals surface area (Å²) in [5.41, 5.74) is 1.62. The number of para-hydroxylation sites is 2. The van der Waals surface area contributed by atoms with Gasteiger partial charge in [0.15, 0.2) is 5.82 Å². The number of benzene rings is 2. The molecule has 3 aromatic rings. The van der Waals surface area contributed by atoms with Gasteiger partial charge in [-0.15, -0.1) is 0 Å². The number of rotatable bonds is 8. The summed E-state index contributed by atoms with van der Waals surface area (Å²) in [6.45, 7) is 3.23. The Morgan fingerprint density at radius 1 is 1.00 bits per heavy atom. The van der Waals surface area contributed by atoms with Crippen molar-refractivity contribution in [3.05, 3.63) is 59.9 Å². The van der Waals surface area contributed by atoms with Crippen molar-refractivity contribution in [1.29, 1.82) is 0 Å². The maximum Gasteiger partial charge on any atom is 0.234 e. The molecule has 1 aliphatic heterocycles. The fourth-order valence-electron chi connectivity index (χ4n) is 3.78. The van der Waals surface area contributed by atoms with Crippen LogP contribution >= 0.6 is 23.4 Å². The highest BCUT2D eigenvalue weighted by Gasteiger charge is 2.23. The van der Waals surface area contributed by atoms with Crippen molar-refractivity contribution in [3.63, 3.8) is 0 Å². The number of nitrogens with zero attached hydrogens (tertiary/aromatic N) is 4. The summed E-state index contributed by atoms with van der Waals surface area (Å²) < 4.78 is 10.8. The summed E-state index contributed by atoms with van der Waals surface area (Å²) in [5.74, 6) is 2.22. The molecule has 2 aromatic carbocycles. The predicted octanol–water partition coefficient (Wildman–Crippen LogP) is 4.20. The number of nitrogens with one attached hydrogen (secondary N) is 1. The number of aromatic nitrogens is 2. The molecule has 0 atom stereocenters.